The number of amides is 1. The molecule has 0 bridgehead atoms. The van der Waals surface area contributed by atoms with Crippen molar-refractivity contribution in [2.24, 2.45) is 11.8 Å². The van der Waals surface area contributed by atoms with Crippen LogP contribution in [0.5, 0.6) is 0 Å². The molecule has 0 unspecified atom stereocenters. The minimum absolute atomic E-state index is 0.106. The number of hydrogen-bond acceptors (Lipinski definition) is 3. The molecule has 0 aromatic carbocycles. The SMILES string of the molecule is Cc1[nH]nc2ncc(NC(=O)[C@@H]3CCC[C@@H](C(F)(F)F)C3)cc12. The summed E-state index contributed by atoms with van der Waals surface area (Å²) in [5.74, 6) is -2.37. The number of aryl methyl sites for hydroxylation is 1. The number of nitrogens with zero attached hydrogens (tertiary/aromatic N) is 2. The molecule has 0 spiro atoms. The number of nitrogens with one attached hydrogen (secondary N) is 2. The number of halogens is 3. The number of pyridine rings is 1. The molecule has 3 rings (SSSR count). The van der Waals surface area contributed by atoms with E-state index in [1.807, 2.05) is 6.92 Å². The monoisotopic (exact) mass is 326 g/mol. The van der Waals surface area contributed by atoms with Crippen LogP contribution < -0.4 is 5.32 Å². The quantitative estimate of drug-likeness (QED) is 0.886. The Bertz CT molecular complexity index is 725. The average molecular weight is 326 g/mol. The summed E-state index contributed by atoms with van der Waals surface area (Å²) in [6, 6.07) is 1.73. The summed E-state index contributed by atoms with van der Waals surface area (Å²) in [6.07, 6.45) is -1.90. The number of fused-ring (bicyclic) bond motifs is 1. The second-order valence-electron chi connectivity index (χ2n) is 6.04. The minimum atomic E-state index is -4.23. The topological polar surface area (TPSA) is 70.7 Å². The minimum Gasteiger partial charge on any atom is -0.324 e. The van der Waals surface area contributed by atoms with Crippen molar-refractivity contribution in [3.8, 4) is 0 Å². The summed E-state index contributed by atoms with van der Waals surface area (Å²) in [7, 11) is 0. The van der Waals surface area contributed by atoms with Crippen molar-refractivity contribution < 1.29 is 18.0 Å². The highest BCUT2D eigenvalue weighted by Gasteiger charge is 2.43. The van der Waals surface area contributed by atoms with Crippen LogP contribution in [0.3, 0.4) is 0 Å². The van der Waals surface area contributed by atoms with Gasteiger partial charge in [-0.15, -0.1) is 0 Å². The third-order valence-electron chi connectivity index (χ3n) is 4.38. The first-order valence-corrected chi connectivity index (χ1v) is 7.53. The Morgan fingerprint density at radius 2 is 2.17 bits per heavy atom. The molecule has 1 aliphatic carbocycles. The van der Waals surface area contributed by atoms with Crippen LogP contribution in [0.25, 0.3) is 11.0 Å². The van der Waals surface area contributed by atoms with Crippen molar-refractivity contribution in [1.29, 1.82) is 0 Å². The molecule has 124 valence electrons. The maximum absolute atomic E-state index is 12.8. The molecule has 2 heterocycles. The van der Waals surface area contributed by atoms with Crippen LogP contribution in [0.1, 0.15) is 31.4 Å². The Morgan fingerprint density at radius 1 is 1.39 bits per heavy atom. The molecule has 0 saturated heterocycles. The lowest BCUT2D eigenvalue weighted by atomic mass is 9.80. The number of anilines is 1. The highest BCUT2D eigenvalue weighted by Crippen LogP contribution is 2.40. The second kappa shape index (κ2) is 5.82. The van der Waals surface area contributed by atoms with Gasteiger partial charge in [0, 0.05) is 17.0 Å². The van der Waals surface area contributed by atoms with Gasteiger partial charge >= 0.3 is 6.18 Å². The van der Waals surface area contributed by atoms with Crippen LogP contribution in [0, 0.1) is 18.8 Å². The van der Waals surface area contributed by atoms with Crippen molar-refractivity contribution in [3.63, 3.8) is 0 Å². The largest absolute Gasteiger partial charge is 0.391 e. The van der Waals surface area contributed by atoms with Gasteiger partial charge in [-0.1, -0.05) is 6.42 Å². The van der Waals surface area contributed by atoms with E-state index in [2.05, 4.69) is 20.5 Å². The zero-order valence-corrected chi connectivity index (χ0v) is 12.6. The van der Waals surface area contributed by atoms with Gasteiger partial charge in [0.25, 0.3) is 0 Å². The highest BCUT2D eigenvalue weighted by atomic mass is 19.4. The van der Waals surface area contributed by atoms with Gasteiger partial charge in [-0.2, -0.15) is 18.3 Å². The molecule has 1 fully saturated rings. The lowest BCUT2D eigenvalue weighted by molar-refractivity contribution is -0.185. The lowest BCUT2D eigenvalue weighted by Crippen LogP contribution is -2.34. The van der Waals surface area contributed by atoms with Crippen molar-refractivity contribution in [2.75, 3.05) is 5.32 Å². The number of H-pyrrole nitrogens is 1. The van der Waals surface area contributed by atoms with Gasteiger partial charge in [0.05, 0.1) is 17.8 Å². The van der Waals surface area contributed by atoms with E-state index in [1.54, 1.807) is 6.07 Å². The van der Waals surface area contributed by atoms with E-state index in [1.165, 1.54) is 6.20 Å². The molecule has 1 amide bonds. The predicted octanol–water partition coefficient (Wildman–Crippen LogP) is 3.57. The first kappa shape index (κ1) is 15.8. The van der Waals surface area contributed by atoms with E-state index < -0.39 is 18.0 Å². The van der Waals surface area contributed by atoms with Gasteiger partial charge in [-0.05, 0) is 32.3 Å². The van der Waals surface area contributed by atoms with Gasteiger partial charge in [0.1, 0.15) is 0 Å². The van der Waals surface area contributed by atoms with Gasteiger partial charge < -0.3 is 5.32 Å². The van der Waals surface area contributed by atoms with Crippen LogP contribution >= 0.6 is 0 Å². The van der Waals surface area contributed by atoms with E-state index >= 15 is 0 Å². The molecule has 1 saturated carbocycles. The lowest BCUT2D eigenvalue weighted by Gasteiger charge is -2.29. The van der Waals surface area contributed by atoms with Crippen LogP contribution in [-0.4, -0.2) is 27.3 Å². The molecule has 0 radical (unpaired) electrons. The number of aromatic nitrogens is 3. The molecule has 2 atom stereocenters. The maximum Gasteiger partial charge on any atom is 0.391 e. The molecular weight excluding hydrogens is 309 g/mol. The molecule has 23 heavy (non-hydrogen) atoms. The number of carbonyl (C=O) groups is 1. The van der Waals surface area contributed by atoms with E-state index in [4.69, 9.17) is 0 Å². The second-order valence-corrected chi connectivity index (χ2v) is 6.04. The van der Waals surface area contributed by atoms with Gasteiger partial charge in [-0.3, -0.25) is 9.89 Å². The number of carbonyl (C=O) groups excluding carboxylic acids is 1. The first-order chi connectivity index (χ1) is 10.8. The summed E-state index contributed by atoms with van der Waals surface area (Å²) < 4.78 is 38.5. The van der Waals surface area contributed by atoms with Crippen LogP contribution in [0.4, 0.5) is 18.9 Å². The van der Waals surface area contributed by atoms with E-state index in [9.17, 15) is 18.0 Å². The Kier molecular flexibility index (Phi) is 3.99. The van der Waals surface area contributed by atoms with Crippen LogP contribution in [0.15, 0.2) is 12.3 Å². The fraction of sp³-hybridized carbons (Fsp3) is 0.533. The standard InChI is InChI=1S/C15H17F3N4O/c1-8-12-6-11(7-19-13(12)22-21-8)20-14(23)9-3-2-4-10(5-9)15(16,17)18/h6-7,9-10H,2-5H2,1H3,(H,20,23)(H,19,21,22)/t9-,10-/m1/s1. The molecule has 2 aromatic rings. The summed E-state index contributed by atoms with van der Waals surface area (Å²) in [6.45, 7) is 1.83. The van der Waals surface area contributed by atoms with Crippen molar-refractivity contribution in [1.82, 2.24) is 15.2 Å². The molecule has 2 N–H and O–H groups in total. The zero-order chi connectivity index (χ0) is 16.6. The normalized spacial score (nSPS) is 22.3. The molecule has 0 aliphatic heterocycles. The molecule has 5 nitrogen and oxygen atoms in total. The van der Waals surface area contributed by atoms with Gasteiger partial charge in [0.2, 0.25) is 5.91 Å². The maximum atomic E-state index is 12.8. The van der Waals surface area contributed by atoms with Crippen molar-refractivity contribution in [3.05, 3.63) is 18.0 Å². The summed E-state index contributed by atoms with van der Waals surface area (Å²) in [4.78, 5) is 16.4. The Labute approximate surface area is 130 Å². The van der Waals surface area contributed by atoms with Crippen LogP contribution in [-0.2, 0) is 4.79 Å². The Hall–Kier alpha value is -2.12. The molecular formula is C15H17F3N4O. The number of rotatable bonds is 2. The van der Waals surface area contributed by atoms with E-state index in [0.29, 0.717) is 24.2 Å². The highest BCUT2D eigenvalue weighted by molar-refractivity contribution is 5.94. The fourth-order valence-electron chi connectivity index (χ4n) is 3.06. The third kappa shape index (κ3) is 3.30. The van der Waals surface area contributed by atoms with Crippen molar-refractivity contribution >= 4 is 22.6 Å². The Morgan fingerprint density at radius 3 is 2.91 bits per heavy atom. The molecule has 1 aliphatic rings. The zero-order valence-electron chi connectivity index (χ0n) is 12.6. The first-order valence-electron chi connectivity index (χ1n) is 7.53. The molecule has 8 heteroatoms. The summed E-state index contributed by atoms with van der Waals surface area (Å²) in [5, 5.41) is 10.2. The summed E-state index contributed by atoms with van der Waals surface area (Å²) >= 11 is 0. The van der Waals surface area contributed by atoms with Gasteiger partial charge in [-0.25, -0.2) is 4.98 Å². The summed E-state index contributed by atoms with van der Waals surface area (Å²) in [5.41, 5.74) is 1.83. The van der Waals surface area contributed by atoms with Crippen molar-refractivity contribution in [2.45, 2.75) is 38.8 Å². The van der Waals surface area contributed by atoms with E-state index in [0.717, 1.165) is 11.1 Å². The van der Waals surface area contributed by atoms with Crippen LogP contribution in [0.2, 0.25) is 0 Å². The predicted molar refractivity (Wildman–Crippen MR) is 78.8 cm³/mol. The number of hydrogen-bond donors (Lipinski definition) is 2. The third-order valence-corrected chi connectivity index (χ3v) is 4.38. The molecule has 2 aromatic heterocycles. The fourth-order valence-corrected chi connectivity index (χ4v) is 3.06. The Balaban J connectivity index is 1.71. The number of aromatic amines is 1. The smallest absolute Gasteiger partial charge is 0.324 e. The van der Waals surface area contributed by atoms with Gasteiger partial charge in [0.15, 0.2) is 5.65 Å². The number of alkyl halides is 3. The van der Waals surface area contributed by atoms with E-state index in [-0.39, 0.29) is 18.7 Å². The average Bonchev–Trinajstić information content (AvgIpc) is 2.88.